The van der Waals surface area contributed by atoms with Gasteiger partial charge < -0.3 is 5.32 Å². The van der Waals surface area contributed by atoms with Crippen molar-refractivity contribution in [2.24, 2.45) is 5.92 Å². The number of thiophene rings is 2. The molecule has 7 heteroatoms. The topological polar surface area (TPSA) is 63.2 Å². The van der Waals surface area contributed by atoms with Crippen molar-refractivity contribution in [3.05, 3.63) is 39.9 Å². The Bertz CT molecular complexity index is 673. The molecule has 0 fully saturated rings. The highest BCUT2D eigenvalue weighted by Crippen LogP contribution is 2.33. The lowest BCUT2D eigenvalue weighted by Crippen LogP contribution is -2.33. The van der Waals surface area contributed by atoms with Gasteiger partial charge in [-0.25, -0.2) is 8.42 Å². The van der Waals surface area contributed by atoms with Crippen LogP contribution < -0.4 is 5.32 Å². The van der Waals surface area contributed by atoms with Crippen molar-refractivity contribution in [2.75, 3.05) is 6.54 Å². The normalized spacial score (nSPS) is 13.3. The molecule has 1 amide bonds. The SMILES string of the molecule is CC(C)C(=O)NCC(c1cccs1)S(=O)(=O)c1cccs1. The lowest BCUT2D eigenvalue weighted by atomic mass is 10.2. The molecule has 4 nitrogen and oxygen atoms in total. The van der Waals surface area contributed by atoms with Crippen LogP contribution in [0, 0.1) is 5.92 Å². The van der Waals surface area contributed by atoms with Crippen molar-refractivity contribution in [1.82, 2.24) is 5.32 Å². The summed E-state index contributed by atoms with van der Waals surface area (Å²) in [6, 6.07) is 6.93. The summed E-state index contributed by atoms with van der Waals surface area (Å²) in [6.45, 7) is 3.66. The molecule has 2 heterocycles. The van der Waals surface area contributed by atoms with Gasteiger partial charge in [0.15, 0.2) is 9.84 Å². The number of nitrogens with one attached hydrogen (secondary N) is 1. The molecule has 2 aromatic rings. The Balaban J connectivity index is 2.28. The summed E-state index contributed by atoms with van der Waals surface area (Å²) >= 11 is 2.59. The summed E-state index contributed by atoms with van der Waals surface area (Å²) in [5.41, 5.74) is 0. The third kappa shape index (κ3) is 3.72. The van der Waals surface area contributed by atoms with Gasteiger partial charge in [0.25, 0.3) is 0 Å². The van der Waals surface area contributed by atoms with Crippen molar-refractivity contribution in [3.8, 4) is 0 Å². The van der Waals surface area contributed by atoms with Gasteiger partial charge in [-0.1, -0.05) is 26.0 Å². The van der Waals surface area contributed by atoms with Crippen LogP contribution in [0.25, 0.3) is 0 Å². The van der Waals surface area contributed by atoms with E-state index in [9.17, 15) is 13.2 Å². The monoisotopic (exact) mass is 343 g/mol. The summed E-state index contributed by atoms with van der Waals surface area (Å²) in [5, 5.41) is 5.58. The Kier molecular flexibility index (Phi) is 5.18. The maximum Gasteiger partial charge on any atom is 0.222 e. The number of sulfone groups is 1. The van der Waals surface area contributed by atoms with Gasteiger partial charge in [-0.2, -0.15) is 0 Å². The van der Waals surface area contributed by atoms with Crippen LogP contribution in [0.4, 0.5) is 0 Å². The minimum atomic E-state index is -3.49. The third-order valence-electron chi connectivity index (χ3n) is 3.00. The van der Waals surface area contributed by atoms with E-state index < -0.39 is 15.1 Å². The molecule has 21 heavy (non-hydrogen) atoms. The van der Waals surface area contributed by atoms with Crippen molar-refractivity contribution >= 4 is 38.4 Å². The Morgan fingerprint density at radius 3 is 2.38 bits per heavy atom. The maximum absolute atomic E-state index is 12.7. The molecular formula is C14H17NO3S3. The van der Waals surface area contributed by atoms with Crippen LogP contribution in [0.3, 0.4) is 0 Å². The van der Waals surface area contributed by atoms with Gasteiger partial charge in [0.1, 0.15) is 9.46 Å². The molecule has 2 rings (SSSR count). The van der Waals surface area contributed by atoms with Gasteiger partial charge in [-0.05, 0) is 22.9 Å². The second kappa shape index (κ2) is 6.72. The van der Waals surface area contributed by atoms with Crippen molar-refractivity contribution < 1.29 is 13.2 Å². The van der Waals surface area contributed by atoms with Gasteiger partial charge in [-0.15, -0.1) is 22.7 Å². The van der Waals surface area contributed by atoms with Crippen LogP contribution in [0.2, 0.25) is 0 Å². The van der Waals surface area contributed by atoms with E-state index in [0.717, 1.165) is 4.88 Å². The zero-order valence-corrected chi connectivity index (χ0v) is 14.2. The molecule has 0 aromatic carbocycles. The van der Waals surface area contributed by atoms with Crippen LogP contribution >= 0.6 is 22.7 Å². The van der Waals surface area contributed by atoms with Gasteiger partial charge in [0.2, 0.25) is 5.91 Å². The van der Waals surface area contributed by atoms with E-state index in [1.165, 1.54) is 22.7 Å². The van der Waals surface area contributed by atoms with E-state index >= 15 is 0 Å². The zero-order valence-electron chi connectivity index (χ0n) is 11.8. The standard InChI is InChI=1S/C14H17NO3S3/c1-10(2)14(16)15-9-12(11-5-3-7-19-11)21(17,18)13-6-4-8-20-13/h3-8,10,12H,9H2,1-2H3,(H,15,16). The average Bonchev–Trinajstić information content (AvgIpc) is 3.11. The van der Waals surface area contributed by atoms with Crippen LogP contribution in [-0.2, 0) is 14.6 Å². The van der Waals surface area contributed by atoms with Gasteiger partial charge in [0.05, 0.1) is 0 Å². The maximum atomic E-state index is 12.7. The molecular weight excluding hydrogens is 326 g/mol. The first-order valence-electron chi connectivity index (χ1n) is 6.51. The summed E-state index contributed by atoms with van der Waals surface area (Å²) in [4.78, 5) is 12.5. The Labute approximate surface area is 132 Å². The molecule has 0 saturated heterocycles. The number of carbonyl (C=O) groups excluding carboxylic acids is 1. The third-order valence-corrected chi connectivity index (χ3v) is 7.65. The molecule has 2 aromatic heterocycles. The molecule has 1 atom stereocenters. The van der Waals surface area contributed by atoms with Crippen LogP contribution in [0.15, 0.2) is 39.2 Å². The molecule has 0 bridgehead atoms. The Hall–Kier alpha value is -1.18. The number of rotatable bonds is 6. The summed E-state index contributed by atoms with van der Waals surface area (Å²) in [6.07, 6.45) is 0. The number of carbonyl (C=O) groups is 1. The molecule has 0 saturated carbocycles. The van der Waals surface area contributed by atoms with E-state index in [0.29, 0.717) is 4.21 Å². The molecule has 114 valence electrons. The fourth-order valence-corrected chi connectivity index (χ4v) is 5.79. The second-order valence-corrected chi connectivity index (χ2v) is 9.17. The number of hydrogen-bond donors (Lipinski definition) is 1. The highest BCUT2D eigenvalue weighted by atomic mass is 32.2. The van der Waals surface area contributed by atoms with Crippen molar-refractivity contribution in [2.45, 2.75) is 23.3 Å². The van der Waals surface area contributed by atoms with Gasteiger partial charge in [0, 0.05) is 17.3 Å². The van der Waals surface area contributed by atoms with E-state index in [1.54, 1.807) is 37.4 Å². The molecule has 1 unspecified atom stereocenters. The second-order valence-electron chi connectivity index (χ2n) is 4.88. The summed E-state index contributed by atoms with van der Waals surface area (Å²) in [7, 11) is -3.49. The largest absolute Gasteiger partial charge is 0.354 e. The van der Waals surface area contributed by atoms with Gasteiger partial charge >= 0.3 is 0 Å². The van der Waals surface area contributed by atoms with E-state index in [-0.39, 0.29) is 18.4 Å². The number of hydrogen-bond acceptors (Lipinski definition) is 5. The first kappa shape index (κ1) is 16.2. The Morgan fingerprint density at radius 2 is 1.86 bits per heavy atom. The Morgan fingerprint density at radius 1 is 1.19 bits per heavy atom. The highest BCUT2D eigenvalue weighted by Gasteiger charge is 2.31. The van der Waals surface area contributed by atoms with Gasteiger partial charge in [-0.3, -0.25) is 4.79 Å². The number of amides is 1. The molecule has 0 spiro atoms. The first-order chi connectivity index (χ1) is 9.93. The zero-order chi connectivity index (χ0) is 15.5. The van der Waals surface area contributed by atoms with Crippen molar-refractivity contribution in [3.63, 3.8) is 0 Å². The molecule has 1 N–H and O–H groups in total. The average molecular weight is 343 g/mol. The molecule has 0 aliphatic heterocycles. The highest BCUT2D eigenvalue weighted by molar-refractivity contribution is 7.93. The van der Waals surface area contributed by atoms with Crippen LogP contribution in [0.1, 0.15) is 24.0 Å². The van der Waals surface area contributed by atoms with E-state index in [4.69, 9.17) is 0 Å². The van der Waals surface area contributed by atoms with Crippen LogP contribution in [-0.4, -0.2) is 20.9 Å². The fraction of sp³-hybridized carbons (Fsp3) is 0.357. The minimum Gasteiger partial charge on any atom is -0.354 e. The lowest BCUT2D eigenvalue weighted by Gasteiger charge is -2.17. The predicted octanol–water partition coefficient (Wildman–Crippen LogP) is 3.10. The smallest absolute Gasteiger partial charge is 0.222 e. The summed E-state index contributed by atoms with van der Waals surface area (Å²) < 4.78 is 25.8. The van der Waals surface area contributed by atoms with Crippen LogP contribution in [0.5, 0.6) is 0 Å². The molecule has 0 radical (unpaired) electrons. The van der Waals surface area contributed by atoms with E-state index in [2.05, 4.69) is 5.32 Å². The molecule has 0 aliphatic rings. The summed E-state index contributed by atoms with van der Waals surface area (Å²) in [5.74, 6) is -0.309. The molecule has 0 aliphatic carbocycles. The predicted molar refractivity (Wildman–Crippen MR) is 86.4 cm³/mol. The quantitative estimate of drug-likeness (QED) is 0.876. The van der Waals surface area contributed by atoms with Crippen molar-refractivity contribution in [1.29, 1.82) is 0 Å². The van der Waals surface area contributed by atoms with E-state index in [1.807, 2.05) is 11.4 Å². The first-order valence-corrected chi connectivity index (χ1v) is 9.82. The lowest BCUT2D eigenvalue weighted by molar-refractivity contribution is -0.123. The minimum absolute atomic E-state index is 0.0950. The fourth-order valence-electron chi connectivity index (χ4n) is 1.80.